The van der Waals surface area contributed by atoms with Gasteiger partial charge in [-0.15, -0.1) is 0 Å². The van der Waals surface area contributed by atoms with Crippen LogP contribution in [0.3, 0.4) is 0 Å². The fourth-order valence-corrected chi connectivity index (χ4v) is 2.42. The van der Waals surface area contributed by atoms with Gasteiger partial charge in [0.15, 0.2) is 5.82 Å². The van der Waals surface area contributed by atoms with E-state index >= 15 is 0 Å². The van der Waals surface area contributed by atoms with Gasteiger partial charge in [-0.1, -0.05) is 19.8 Å². The molecule has 0 aromatic carbocycles. The summed E-state index contributed by atoms with van der Waals surface area (Å²) in [5.74, 6) is 0.436. The van der Waals surface area contributed by atoms with E-state index in [1.54, 1.807) is 0 Å². The Bertz CT molecular complexity index is 414. The van der Waals surface area contributed by atoms with E-state index in [1.807, 2.05) is 0 Å². The van der Waals surface area contributed by atoms with Crippen LogP contribution in [0.5, 0.6) is 0 Å². The summed E-state index contributed by atoms with van der Waals surface area (Å²) >= 11 is 0. The molecule has 1 aliphatic carbocycles. The number of hydrogen-bond acceptors (Lipinski definition) is 2. The maximum atomic E-state index is 13.3. The van der Waals surface area contributed by atoms with Crippen molar-refractivity contribution in [3.05, 3.63) is 29.8 Å². The molecule has 4 heteroatoms. The van der Waals surface area contributed by atoms with Crippen molar-refractivity contribution in [3.8, 4) is 0 Å². The second-order valence-corrected chi connectivity index (χ2v) is 5.19. The molecule has 1 N–H and O–H groups in total. The first-order chi connectivity index (χ1) is 8.66. The van der Waals surface area contributed by atoms with E-state index in [4.69, 9.17) is 0 Å². The molecule has 1 aromatic rings. The van der Waals surface area contributed by atoms with Crippen LogP contribution in [0.15, 0.2) is 18.5 Å². The van der Waals surface area contributed by atoms with Gasteiger partial charge in [0, 0.05) is 12.7 Å². The van der Waals surface area contributed by atoms with Gasteiger partial charge in [-0.2, -0.15) is 0 Å². The van der Waals surface area contributed by atoms with Crippen molar-refractivity contribution in [2.75, 3.05) is 6.54 Å². The molecular formula is C14H19FN2O. The summed E-state index contributed by atoms with van der Waals surface area (Å²) in [6.07, 6.45) is 7.26. The average molecular weight is 250 g/mol. The van der Waals surface area contributed by atoms with Crippen LogP contribution in [-0.2, 0) is 0 Å². The Hall–Kier alpha value is -1.45. The van der Waals surface area contributed by atoms with Crippen LogP contribution < -0.4 is 5.32 Å². The Kier molecular flexibility index (Phi) is 4.28. The molecule has 0 spiro atoms. The van der Waals surface area contributed by atoms with Gasteiger partial charge in [0.2, 0.25) is 0 Å². The van der Waals surface area contributed by atoms with Crippen molar-refractivity contribution >= 4 is 5.91 Å². The zero-order valence-corrected chi connectivity index (χ0v) is 10.7. The van der Waals surface area contributed by atoms with Crippen molar-refractivity contribution in [2.24, 2.45) is 11.8 Å². The van der Waals surface area contributed by atoms with Gasteiger partial charge in [0.05, 0.1) is 11.8 Å². The molecule has 1 aliphatic rings. The molecule has 98 valence electrons. The fraction of sp³-hybridized carbons (Fsp3) is 0.571. The number of amides is 1. The lowest BCUT2D eigenvalue weighted by atomic mass is 9.83. The summed E-state index contributed by atoms with van der Waals surface area (Å²) in [6.45, 7) is 2.91. The van der Waals surface area contributed by atoms with Gasteiger partial charge in [0.25, 0.3) is 5.91 Å². The Balaban J connectivity index is 1.84. The SMILES string of the molecule is CC1CCC(CNC(=O)c2ccncc2F)CC1. The molecule has 0 aliphatic heterocycles. The summed E-state index contributed by atoms with van der Waals surface area (Å²) in [7, 11) is 0. The highest BCUT2D eigenvalue weighted by atomic mass is 19.1. The maximum Gasteiger partial charge on any atom is 0.254 e. The van der Waals surface area contributed by atoms with Gasteiger partial charge in [-0.25, -0.2) is 4.39 Å². The van der Waals surface area contributed by atoms with Crippen LogP contribution in [-0.4, -0.2) is 17.4 Å². The topological polar surface area (TPSA) is 42.0 Å². The molecular weight excluding hydrogens is 231 g/mol. The van der Waals surface area contributed by atoms with Gasteiger partial charge >= 0.3 is 0 Å². The Morgan fingerprint density at radius 1 is 1.44 bits per heavy atom. The van der Waals surface area contributed by atoms with Crippen molar-refractivity contribution in [2.45, 2.75) is 32.6 Å². The molecule has 1 heterocycles. The van der Waals surface area contributed by atoms with Crippen LogP contribution in [0, 0.1) is 17.7 Å². The molecule has 1 saturated carbocycles. The number of nitrogens with zero attached hydrogens (tertiary/aromatic N) is 1. The Morgan fingerprint density at radius 2 is 2.17 bits per heavy atom. The molecule has 0 saturated heterocycles. The fourth-order valence-electron chi connectivity index (χ4n) is 2.42. The van der Waals surface area contributed by atoms with E-state index in [-0.39, 0.29) is 11.5 Å². The van der Waals surface area contributed by atoms with Gasteiger partial charge in [0.1, 0.15) is 0 Å². The highest BCUT2D eigenvalue weighted by Crippen LogP contribution is 2.27. The lowest BCUT2D eigenvalue weighted by Gasteiger charge is -2.26. The van der Waals surface area contributed by atoms with E-state index in [0.717, 1.165) is 25.0 Å². The first kappa shape index (κ1) is 13.0. The van der Waals surface area contributed by atoms with E-state index in [9.17, 15) is 9.18 Å². The molecule has 0 atom stereocenters. The minimum absolute atomic E-state index is 0.0779. The van der Waals surface area contributed by atoms with Crippen LogP contribution in [0.1, 0.15) is 43.0 Å². The number of pyridine rings is 1. The van der Waals surface area contributed by atoms with Crippen molar-refractivity contribution < 1.29 is 9.18 Å². The summed E-state index contributed by atoms with van der Waals surface area (Å²) in [5, 5.41) is 2.82. The molecule has 3 nitrogen and oxygen atoms in total. The lowest BCUT2D eigenvalue weighted by molar-refractivity contribution is 0.0937. The predicted octanol–water partition coefficient (Wildman–Crippen LogP) is 2.78. The quantitative estimate of drug-likeness (QED) is 0.896. The highest BCUT2D eigenvalue weighted by Gasteiger charge is 2.19. The second-order valence-electron chi connectivity index (χ2n) is 5.19. The molecule has 0 radical (unpaired) electrons. The standard InChI is InChI=1S/C14H19FN2O/c1-10-2-4-11(5-3-10)8-17-14(18)12-6-7-16-9-13(12)15/h6-7,9-11H,2-5,8H2,1H3,(H,17,18). The lowest BCUT2D eigenvalue weighted by Crippen LogP contribution is -2.31. The van der Waals surface area contributed by atoms with Crippen molar-refractivity contribution in [1.29, 1.82) is 0 Å². The maximum absolute atomic E-state index is 13.3. The minimum atomic E-state index is -0.563. The largest absolute Gasteiger partial charge is 0.352 e. The Morgan fingerprint density at radius 3 is 2.83 bits per heavy atom. The van der Waals surface area contributed by atoms with E-state index in [2.05, 4.69) is 17.2 Å². The normalized spacial score (nSPS) is 23.7. The Labute approximate surface area is 107 Å². The molecule has 1 aromatic heterocycles. The molecule has 1 amide bonds. The highest BCUT2D eigenvalue weighted by molar-refractivity contribution is 5.94. The third kappa shape index (κ3) is 3.28. The summed E-state index contributed by atoms with van der Waals surface area (Å²) in [6, 6.07) is 1.41. The number of hydrogen-bond donors (Lipinski definition) is 1. The zero-order valence-electron chi connectivity index (χ0n) is 10.7. The summed E-state index contributed by atoms with van der Waals surface area (Å²) in [4.78, 5) is 15.4. The van der Waals surface area contributed by atoms with Crippen molar-refractivity contribution in [1.82, 2.24) is 10.3 Å². The number of rotatable bonds is 3. The molecule has 0 unspecified atom stereocenters. The van der Waals surface area contributed by atoms with Crippen LogP contribution in [0.4, 0.5) is 4.39 Å². The number of halogens is 1. The second kappa shape index (κ2) is 5.94. The third-order valence-corrected chi connectivity index (χ3v) is 3.70. The molecule has 1 fully saturated rings. The molecule has 18 heavy (non-hydrogen) atoms. The molecule has 0 bridgehead atoms. The average Bonchev–Trinajstić information content (AvgIpc) is 2.38. The third-order valence-electron chi connectivity index (χ3n) is 3.70. The summed E-state index contributed by atoms with van der Waals surface area (Å²) < 4.78 is 13.3. The number of carbonyl (C=O) groups excluding carboxylic acids is 1. The van der Waals surface area contributed by atoms with E-state index < -0.39 is 5.82 Å². The van der Waals surface area contributed by atoms with Crippen LogP contribution in [0.25, 0.3) is 0 Å². The predicted molar refractivity (Wildman–Crippen MR) is 67.7 cm³/mol. The van der Waals surface area contributed by atoms with E-state index in [1.165, 1.54) is 25.1 Å². The van der Waals surface area contributed by atoms with Gasteiger partial charge in [-0.05, 0) is 30.7 Å². The first-order valence-corrected chi connectivity index (χ1v) is 6.54. The zero-order chi connectivity index (χ0) is 13.0. The number of carbonyl (C=O) groups is 1. The minimum Gasteiger partial charge on any atom is -0.352 e. The number of aromatic nitrogens is 1. The van der Waals surface area contributed by atoms with Crippen LogP contribution in [0.2, 0.25) is 0 Å². The van der Waals surface area contributed by atoms with E-state index in [0.29, 0.717) is 12.5 Å². The van der Waals surface area contributed by atoms with Crippen molar-refractivity contribution in [3.63, 3.8) is 0 Å². The van der Waals surface area contributed by atoms with Gasteiger partial charge < -0.3 is 5.32 Å². The number of nitrogens with one attached hydrogen (secondary N) is 1. The monoisotopic (exact) mass is 250 g/mol. The van der Waals surface area contributed by atoms with Crippen LogP contribution >= 0.6 is 0 Å². The molecule has 2 rings (SSSR count). The first-order valence-electron chi connectivity index (χ1n) is 6.54. The summed E-state index contributed by atoms with van der Waals surface area (Å²) in [5.41, 5.74) is 0.0779. The smallest absolute Gasteiger partial charge is 0.254 e. The van der Waals surface area contributed by atoms with Gasteiger partial charge in [-0.3, -0.25) is 9.78 Å².